The molecule has 0 saturated carbocycles. The Balaban J connectivity index is -0.000000000833. The Morgan fingerprint density at radius 2 is 0.800 bits per heavy atom. The zero-order chi connectivity index (χ0) is 6.00. The fourth-order valence-electron chi connectivity index (χ4n) is 0. The van der Waals surface area contributed by atoms with Gasteiger partial charge in [-0.1, -0.05) is 0 Å². The molecule has 0 aromatic heterocycles. The third kappa shape index (κ3) is 115. The van der Waals surface area contributed by atoms with E-state index in [1.165, 1.54) is 0 Å². The summed E-state index contributed by atoms with van der Waals surface area (Å²) in [4.78, 5) is 0. The molecule has 0 amide bonds. The molecule has 0 rings (SSSR count). The van der Waals surface area contributed by atoms with E-state index in [9.17, 15) is 0 Å². The number of hydrogen-bond acceptors (Lipinski definition) is 6. The first-order valence-electron chi connectivity index (χ1n) is 0.565. The molecule has 0 saturated heterocycles. The molecule has 0 aromatic rings. The van der Waals surface area contributed by atoms with Crippen LogP contribution in [-0.4, -0.2) is 105 Å². The van der Waals surface area contributed by atoms with Crippen molar-refractivity contribution >= 4 is 83.8 Å². The van der Waals surface area contributed by atoms with Crippen LogP contribution in [0.15, 0.2) is 0 Å². The Labute approximate surface area is 138 Å². The molecule has 52 valence electrons. The average molecular weight is 258 g/mol. The molecule has 0 aliphatic carbocycles. The van der Waals surface area contributed by atoms with Crippen LogP contribution in [0.25, 0.3) is 0 Å². The van der Waals surface area contributed by atoms with Crippen molar-refractivity contribution in [3.63, 3.8) is 0 Å². The normalized spacial score (nSPS) is 1.80. The topological polar surface area (TPSA) is 127 Å². The van der Waals surface area contributed by atoms with Gasteiger partial charge in [0.2, 0.25) is 0 Å². The second-order valence-corrected chi connectivity index (χ2v) is 0. The third-order valence-electron chi connectivity index (χ3n) is 0. The summed E-state index contributed by atoms with van der Waals surface area (Å²) < 4.78 is 0. The predicted octanol–water partition coefficient (Wildman–Crippen LogP) is -3.04. The van der Waals surface area contributed by atoms with E-state index in [1.54, 1.807) is 0 Å². The maximum atomic E-state index is 7.25. The molecular weight excluding hydrogens is 250 g/mol. The van der Waals surface area contributed by atoms with Gasteiger partial charge in [-0.05, 0) is 0 Å². The minimum Gasteiger partial charge on any atom is -1.00 e. The largest absolute Gasteiger partial charge is 2.00 e. The van der Waals surface area contributed by atoms with E-state index in [1.807, 2.05) is 0 Å². The van der Waals surface area contributed by atoms with Crippen molar-refractivity contribution in [3.8, 4) is 0 Å². The first-order chi connectivity index (χ1) is 3.00. The Morgan fingerprint density at radius 3 is 0.800 bits per heavy atom. The molecule has 10 heteroatoms. The van der Waals surface area contributed by atoms with Crippen LogP contribution in [0.3, 0.4) is 0 Å². The van der Waals surface area contributed by atoms with Crippen LogP contribution in [-0.2, 0) is 19.5 Å². The molecule has 0 fully saturated rings. The Bertz CT molecular complexity index is 27.8. The minimum atomic E-state index is 0. The van der Waals surface area contributed by atoms with E-state index in [4.69, 9.17) is 31.5 Å². The van der Waals surface area contributed by atoms with Crippen molar-refractivity contribution in [2.24, 2.45) is 0 Å². The van der Waals surface area contributed by atoms with Crippen molar-refractivity contribution in [1.29, 1.82) is 0 Å². The van der Waals surface area contributed by atoms with Crippen LogP contribution in [0.5, 0.6) is 0 Å². The van der Waals surface area contributed by atoms with Crippen molar-refractivity contribution in [2.45, 2.75) is 0 Å². The zero-order valence-electron chi connectivity index (χ0n) is 9.43. The summed E-state index contributed by atoms with van der Waals surface area (Å²) in [7, 11) is 0. The van der Waals surface area contributed by atoms with Gasteiger partial charge >= 0.3 is 83.8 Å². The molecule has 0 aromatic carbocycles. The van der Waals surface area contributed by atoms with E-state index in [0.717, 1.165) is 0 Å². The summed E-state index contributed by atoms with van der Waals surface area (Å²) in [5.74, 6) is 0. The van der Waals surface area contributed by atoms with Crippen molar-refractivity contribution in [2.75, 3.05) is 0 Å². The van der Waals surface area contributed by atoms with Crippen LogP contribution in [0.1, 0.15) is 5.71 Å². The Morgan fingerprint density at radius 1 is 0.800 bits per heavy atom. The van der Waals surface area contributed by atoms with Crippen molar-refractivity contribution in [1.82, 2.24) is 0 Å². The Kier molecular flexibility index (Phi) is 772. The fraction of sp³-hybridized carbons (Fsp3) is 0. The van der Waals surface area contributed by atoms with E-state index in [2.05, 4.69) is 0 Å². The van der Waals surface area contributed by atoms with Gasteiger partial charge in [-0.25, -0.2) is 0 Å². The molecule has 0 spiro atoms. The van der Waals surface area contributed by atoms with E-state index in [0.29, 0.717) is 0 Å². The smallest absolute Gasteiger partial charge is 1.00 e. The molecule has 4 N–H and O–H groups in total. The molecule has 0 bridgehead atoms. The fourth-order valence-corrected chi connectivity index (χ4v) is 0. The summed E-state index contributed by atoms with van der Waals surface area (Å²) >= 11 is 0. The molecule has 0 unspecified atom stereocenters. The SMILES string of the molecule is OO.[Ca+2].[H-].[H-].[H-].[H-].[Mg+2].[Mg+2].[O-]O.[O-]O.[Zn]. The molecule has 0 radical (unpaired) electrons. The minimum absolute atomic E-state index is 0. The van der Waals surface area contributed by atoms with Gasteiger partial charge in [0.1, 0.15) is 0 Å². The van der Waals surface area contributed by atoms with Gasteiger partial charge in [0.05, 0.1) is 0 Å². The van der Waals surface area contributed by atoms with E-state index >= 15 is 0 Å². The van der Waals surface area contributed by atoms with Crippen LogP contribution >= 0.6 is 0 Å². The molecular formula is H8CaMg2O6Zn. The van der Waals surface area contributed by atoms with Crippen LogP contribution in [0.4, 0.5) is 0 Å². The summed E-state index contributed by atoms with van der Waals surface area (Å²) in [6.07, 6.45) is 0. The van der Waals surface area contributed by atoms with Crippen LogP contribution in [0.2, 0.25) is 0 Å². The number of rotatable bonds is 0. The van der Waals surface area contributed by atoms with Gasteiger partial charge in [-0.2, -0.15) is 0 Å². The van der Waals surface area contributed by atoms with E-state index < -0.39 is 0 Å². The van der Waals surface area contributed by atoms with Crippen LogP contribution in [0, 0.1) is 0 Å². The van der Waals surface area contributed by atoms with Gasteiger partial charge in [0.25, 0.3) is 0 Å². The maximum Gasteiger partial charge on any atom is 2.00 e. The van der Waals surface area contributed by atoms with Gasteiger partial charge in [0, 0.05) is 19.5 Å². The summed E-state index contributed by atoms with van der Waals surface area (Å²) in [6.45, 7) is 0. The summed E-state index contributed by atoms with van der Waals surface area (Å²) in [5.41, 5.74) is 0. The molecule has 0 heterocycles. The monoisotopic (exact) mass is 256 g/mol. The summed E-state index contributed by atoms with van der Waals surface area (Å²) in [6, 6.07) is 0. The van der Waals surface area contributed by atoms with Gasteiger partial charge < -0.3 is 26.7 Å². The molecule has 6 nitrogen and oxygen atoms in total. The van der Waals surface area contributed by atoms with Crippen LogP contribution < -0.4 is 10.5 Å². The molecule has 0 aliphatic rings. The van der Waals surface area contributed by atoms with Gasteiger partial charge in [0.15, 0.2) is 0 Å². The van der Waals surface area contributed by atoms with Crippen molar-refractivity contribution in [3.05, 3.63) is 0 Å². The zero-order valence-corrected chi connectivity index (χ0v) is 13.4. The molecule has 0 atom stereocenters. The molecule has 10 heavy (non-hydrogen) atoms. The first kappa shape index (κ1) is 51.2. The predicted molar refractivity (Wildman–Crippen MR) is 32.2 cm³/mol. The average Bonchev–Trinajstić information content (AvgIpc) is 1.81. The van der Waals surface area contributed by atoms with Gasteiger partial charge in [-0.3, -0.25) is 10.5 Å². The van der Waals surface area contributed by atoms with Gasteiger partial charge in [-0.15, -0.1) is 0 Å². The summed E-state index contributed by atoms with van der Waals surface area (Å²) in [5, 5.41) is 38.0. The van der Waals surface area contributed by atoms with Crippen molar-refractivity contribution < 1.29 is 56.7 Å². The molecule has 0 aliphatic heterocycles. The second-order valence-electron chi connectivity index (χ2n) is 0. The first-order valence-corrected chi connectivity index (χ1v) is 0.565. The third-order valence-corrected chi connectivity index (χ3v) is 0. The maximum absolute atomic E-state index is 7.25. The Hall–Kier alpha value is 3.18. The van der Waals surface area contributed by atoms with E-state index in [-0.39, 0.29) is 109 Å². The standard InChI is InChI=1S/Ca.2Mg.3H2O2.Zn.4H/c;;;3*1-2;;;;;/h;;;3*1-2H;;;;;/q3*+2;;;;;4*-1/p-2. The quantitative estimate of drug-likeness (QED) is 0.208. The number of hydrogen-bond donors (Lipinski definition) is 4. The second kappa shape index (κ2) is 151.